The first-order chi connectivity index (χ1) is 16.5. The molecule has 7 nitrogen and oxygen atoms in total. The van der Waals surface area contributed by atoms with Gasteiger partial charge >= 0.3 is 6.03 Å². The number of amides is 2. The van der Waals surface area contributed by atoms with Gasteiger partial charge < -0.3 is 15.7 Å². The van der Waals surface area contributed by atoms with Crippen LogP contribution < -0.4 is 10.6 Å². The summed E-state index contributed by atoms with van der Waals surface area (Å²) in [5.74, 6) is 0.0311. The quantitative estimate of drug-likeness (QED) is 0.294. The summed E-state index contributed by atoms with van der Waals surface area (Å²) < 4.78 is 1.36. The maximum absolute atomic E-state index is 13.0. The molecule has 0 radical (unpaired) electrons. The molecule has 2 heterocycles. The summed E-state index contributed by atoms with van der Waals surface area (Å²) in [7, 11) is 0. The average molecular weight is 493 g/mol. The van der Waals surface area contributed by atoms with Gasteiger partial charge in [-0.3, -0.25) is 4.79 Å². The second kappa shape index (κ2) is 9.32. The van der Waals surface area contributed by atoms with E-state index < -0.39 is 0 Å². The van der Waals surface area contributed by atoms with Gasteiger partial charge in [-0.15, -0.1) is 11.3 Å². The zero-order chi connectivity index (χ0) is 23.7. The maximum Gasteiger partial charge on any atom is 0.342 e. The van der Waals surface area contributed by atoms with E-state index in [1.807, 2.05) is 35.7 Å². The number of nitrogens with one attached hydrogen (secondary N) is 2. The molecule has 0 bridgehead atoms. The second-order valence-corrected chi connectivity index (χ2v) is 9.41. The number of nitrogens with zero attached hydrogens (tertiary/aromatic N) is 2. The molecule has 2 amide bonds. The first-order valence-electron chi connectivity index (χ1n) is 10.8. The lowest BCUT2D eigenvalue weighted by Crippen LogP contribution is -2.30. The smallest absolute Gasteiger partial charge is 0.342 e. The fraction of sp³-hybridized carbons (Fsp3) is 0.160. The van der Waals surface area contributed by atoms with Crippen molar-refractivity contribution in [3.8, 4) is 17.0 Å². The standard InChI is InChI=1S/C25H21ClN4O3S/c26-19-5-2-1-4-16(19)14-27-25(33)30-21(15-7-8-15)13-20(29-30)18-12-17(9-10-22(18)31)28-24(32)23-6-3-11-34-23/h1-6,9-13,15,31H,7-8,14H2,(H,27,33)(H,28,32). The van der Waals surface area contributed by atoms with Crippen LogP contribution in [0.5, 0.6) is 5.75 Å². The Morgan fingerprint density at radius 1 is 1.12 bits per heavy atom. The number of halogens is 1. The van der Waals surface area contributed by atoms with Crippen LogP contribution in [0.25, 0.3) is 11.3 Å². The summed E-state index contributed by atoms with van der Waals surface area (Å²) in [5.41, 5.74) is 3.02. The predicted molar refractivity (Wildman–Crippen MR) is 133 cm³/mol. The fourth-order valence-corrected chi connectivity index (χ4v) is 4.49. The maximum atomic E-state index is 13.0. The van der Waals surface area contributed by atoms with E-state index >= 15 is 0 Å². The van der Waals surface area contributed by atoms with E-state index in [1.54, 1.807) is 24.3 Å². The van der Waals surface area contributed by atoms with E-state index in [9.17, 15) is 14.7 Å². The van der Waals surface area contributed by atoms with Crippen LogP contribution >= 0.6 is 22.9 Å². The Bertz CT molecular complexity index is 1360. The Morgan fingerprint density at radius 2 is 1.94 bits per heavy atom. The molecule has 2 aromatic heterocycles. The minimum Gasteiger partial charge on any atom is -0.507 e. The van der Waals surface area contributed by atoms with Crippen molar-refractivity contribution in [2.45, 2.75) is 25.3 Å². The Balaban J connectivity index is 1.40. The highest BCUT2D eigenvalue weighted by atomic mass is 35.5. The van der Waals surface area contributed by atoms with E-state index in [1.165, 1.54) is 22.1 Å². The van der Waals surface area contributed by atoms with Crippen LogP contribution in [0.1, 0.15) is 39.7 Å². The number of hydrogen-bond acceptors (Lipinski definition) is 5. The number of carbonyl (C=O) groups excluding carboxylic acids is 2. The van der Waals surface area contributed by atoms with Gasteiger partial charge in [0, 0.05) is 28.7 Å². The van der Waals surface area contributed by atoms with Crippen LogP contribution in [0.4, 0.5) is 10.5 Å². The third-order valence-electron chi connectivity index (χ3n) is 5.59. The van der Waals surface area contributed by atoms with Gasteiger partial charge in [0.1, 0.15) is 5.75 Å². The van der Waals surface area contributed by atoms with E-state index in [4.69, 9.17) is 11.6 Å². The van der Waals surface area contributed by atoms with E-state index in [2.05, 4.69) is 15.7 Å². The molecule has 0 unspecified atom stereocenters. The van der Waals surface area contributed by atoms with Crippen molar-refractivity contribution in [2.24, 2.45) is 0 Å². The highest BCUT2D eigenvalue weighted by molar-refractivity contribution is 7.12. The fourth-order valence-electron chi connectivity index (χ4n) is 3.67. The van der Waals surface area contributed by atoms with Gasteiger partial charge in [0.25, 0.3) is 5.91 Å². The van der Waals surface area contributed by atoms with Gasteiger partial charge in [-0.05, 0) is 60.2 Å². The number of hydrogen-bond donors (Lipinski definition) is 3. The summed E-state index contributed by atoms with van der Waals surface area (Å²) >= 11 is 7.55. The van der Waals surface area contributed by atoms with Crippen molar-refractivity contribution in [3.63, 3.8) is 0 Å². The number of benzene rings is 2. The molecule has 1 saturated carbocycles. The molecule has 0 aliphatic heterocycles. The lowest BCUT2D eigenvalue weighted by molar-refractivity contribution is 0.103. The van der Waals surface area contributed by atoms with Crippen LogP contribution in [-0.2, 0) is 6.54 Å². The van der Waals surface area contributed by atoms with Crippen LogP contribution in [-0.4, -0.2) is 26.8 Å². The monoisotopic (exact) mass is 492 g/mol. The van der Waals surface area contributed by atoms with E-state index in [0.717, 1.165) is 24.1 Å². The number of anilines is 1. The molecular formula is C25H21ClN4O3S. The summed E-state index contributed by atoms with van der Waals surface area (Å²) in [6.45, 7) is 0.271. The number of phenols is 1. The number of phenolic OH excluding ortho intramolecular Hbond substituents is 1. The van der Waals surface area contributed by atoms with Gasteiger partial charge in [-0.1, -0.05) is 35.9 Å². The molecule has 5 rings (SSSR count). The molecular weight excluding hydrogens is 472 g/mol. The molecule has 9 heteroatoms. The Hall–Kier alpha value is -3.62. The van der Waals surface area contributed by atoms with Crippen molar-refractivity contribution in [1.29, 1.82) is 0 Å². The Labute approximate surface area is 205 Å². The highest BCUT2D eigenvalue weighted by Crippen LogP contribution is 2.42. The third kappa shape index (κ3) is 4.69. The minimum absolute atomic E-state index is 0.0117. The van der Waals surface area contributed by atoms with Gasteiger partial charge in [0.2, 0.25) is 0 Å². The normalized spacial score (nSPS) is 13.0. The van der Waals surface area contributed by atoms with E-state index in [0.29, 0.717) is 26.8 Å². The van der Waals surface area contributed by atoms with Crippen LogP contribution in [0.2, 0.25) is 5.02 Å². The van der Waals surface area contributed by atoms with Gasteiger partial charge in [-0.25, -0.2) is 4.79 Å². The van der Waals surface area contributed by atoms with E-state index in [-0.39, 0.29) is 30.2 Å². The predicted octanol–water partition coefficient (Wildman–Crippen LogP) is 5.86. The zero-order valence-corrected chi connectivity index (χ0v) is 19.6. The molecule has 0 spiro atoms. The summed E-state index contributed by atoms with van der Waals surface area (Å²) in [6, 6.07) is 17.1. The Morgan fingerprint density at radius 3 is 2.68 bits per heavy atom. The van der Waals surface area contributed by atoms with Gasteiger partial charge in [-0.2, -0.15) is 9.78 Å². The molecule has 3 N–H and O–H groups in total. The number of aromatic nitrogens is 2. The lowest BCUT2D eigenvalue weighted by Gasteiger charge is -2.09. The number of carbonyl (C=O) groups is 2. The molecule has 1 aliphatic rings. The first kappa shape index (κ1) is 22.2. The molecule has 34 heavy (non-hydrogen) atoms. The number of thiophene rings is 1. The SMILES string of the molecule is O=C(Nc1ccc(O)c(-c2cc(C3CC3)n(C(=O)NCc3ccccc3Cl)n2)c1)c1cccs1. The van der Waals surface area contributed by atoms with Crippen molar-refractivity contribution >= 4 is 40.6 Å². The third-order valence-corrected chi connectivity index (χ3v) is 6.83. The summed E-state index contributed by atoms with van der Waals surface area (Å²) in [5, 5.41) is 23.1. The summed E-state index contributed by atoms with van der Waals surface area (Å²) in [6.07, 6.45) is 1.96. The molecule has 172 valence electrons. The lowest BCUT2D eigenvalue weighted by atomic mass is 10.1. The van der Waals surface area contributed by atoms with Crippen molar-refractivity contribution in [3.05, 3.63) is 87.2 Å². The van der Waals surface area contributed by atoms with Gasteiger partial charge in [0.05, 0.1) is 16.3 Å². The largest absolute Gasteiger partial charge is 0.507 e. The molecule has 4 aromatic rings. The Kier molecular flexibility index (Phi) is 6.08. The molecule has 1 aliphatic carbocycles. The van der Waals surface area contributed by atoms with Crippen LogP contribution in [0, 0.1) is 0 Å². The van der Waals surface area contributed by atoms with Crippen molar-refractivity contribution in [1.82, 2.24) is 15.1 Å². The molecule has 1 fully saturated rings. The molecule has 2 aromatic carbocycles. The van der Waals surface area contributed by atoms with Gasteiger partial charge in [0.15, 0.2) is 0 Å². The second-order valence-electron chi connectivity index (χ2n) is 8.05. The number of aromatic hydroxyl groups is 1. The van der Waals surface area contributed by atoms with Crippen LogP contribution in [0.3, 0.4) is 0 Å². The summed E-state index contributed by atoms with van der Waals surface area (Å²) in [4.78, 5) is 26.0. The first-order valence-corrected chi connectivity index (χ1v) is 12.0. The molecule has 0 saturated heterocycles. The average Bonchev–Trinajstić information content (AvgIpc) is 3.34. The molecule has 0 atom stereocenters. The van der Waals surface area contributed by atoms with Crippen molar-refractivity contribution < 1.29 is 14.7 Å². The highest BCUT2D eigenvalue weighted by Gasteiger charge is 2.31. The number of rotatable bonds is 6. The van der Waals surface area contributed by atoms with Crippen LogP contribution in [0.15, 0.2) is 66.0 Å². The zero-order valence-electron chi connectivity index (χ0n) is 18.0. The van der Waals surface area contributed by atoms with Crippen molar-refractivity contribution in [2.75, 3.05) is 5.32 Å². The minimum atomic E-state index is -0.366. The topological polar surface area (TPSA) is 96.2 Å².